The predicted molar refractivity (Wildman–Crippen MR) is 86.4 cm³/mol. The molecule has 98 valence electrons. The van der Waals surface area contributed by atoms with Gasteiger partial charge in [0, 0.05) is 26.7 Å². The molecule has 0 bridgehead atoms. The van der Waals surface area contributed by atoms with Gasteiger partial charge in [0.1, 0.15) is 0 Å². The maximum atomic E-state index is 2.40. The monoisotopic (exact) mass is 286 g/mol. The number of benzene rings is 2. The van der Waals surface area contributed by atoms with Gasteiger partial charge >= 0.3 is 0 Å². The molecular formula is C17H18S2. The minimum Gasteiger partial charge on any atom is -0.125 e. The Hall–Kier alpha value is -0.860. The minimum atomic E-state index is 0.300. The van der Waals surface area contributed by atoms with Gasteiger partial charge < -0.3 is 0 Å². The Morgan fingerprint density at radius 2 is 1.84 bits per heavy atom. The molecule has 2 heteroatoms. The molecule has 1 unspecified atom stereocenters. The van der Waals surface area contributed by atoms with Gasteiger partial charge in [-0.05, 0) is 30.2 Å². The molecule has 1 aliphatic rings. The Bertz CT molecular complexity index is 591. The highest BCUT2D eigenvalue weighted by molar-refractivity contribution is 8.00. The van der Waals surface area contributed by atoms with Gasteiger partial charge in [0.2, 0.25) is 0 Å². The molecule has 0 aliphatic carbocycles. The molecule has 0 saturated carbocycles. The van der Waals surface area contributed by atoms with Gasteiger partial charge in [-0.15, -0.1) is 23.5 Å². The molecule has 19 heavy (non-hydrogen) atoms. The summed E-state index contributed by atoms with van der Waals surface area (Å²) in [4.78, 5) is 2.88. The van der Waals surface area contributed by atoms with E-state index in [0.29, 0.717) is 5.41 Å². The molecule has 2 aromatic rings. The lowest BCUT2D eigenvalue weighted by Gasteiger charge is -2.24. The van der Waals surface area contributed by atoms with Crippen molar-refractivity contribution in [3.63, 3.8) is 0 Å². The van der Waals surface area contributed by atoms with E-state index in [1.165, 1.54) is 26.7 Å². The topological polar surface area (TPSA) is 0 Å². The average molecular weight is 286 g/mol. The molecule has 0 nitrogen and oxygen atoms in total. The molecule has 1 heterocycles. The minimum absolute atomic E-state index is 0.300. The van der Waals surface area contributed by atoms with Crippen LogP contribution < -0.4 is 0 Å². The van der Waals surface area contributed by atoms with Gasteiger partial charge in [0.25, 0.3) is 0 Å². The highest BCUT2D eigenvalue weighted by Crippen LogP contribution is 2.46. The molecule has 0 aromatic heterocycles. The number of aryl methyl sites for hydroxylation is 1. The summed E-state index contributed by atoms with van der Waals surface area (Å²) in [6.45, 7) is 4.60. The SMILES string of the molecule is Cc1ccccc1SCC1(C)CSc2ccccc21. The first-order valence-electron chi connectivity index (χ1n) is 6.60. The van der Waals surface area contributed by atoms with Gasteiger partial charge in [-0.2, -0.15) is 0 Å². The third-order valence-electron chi connectivity index (χ3n) is 3.72. The van der Waals surface area contributed by atoms with E-state index < -0.39 is 0 Å². The van der Waals surface area contributed by atoms with Crippen LogP contribution in [0.25, 0.3) is 0 Å². The van der Waals surface area contributed by atoms with Crippen LogP contribution >= 0.6 is 23.5 Å². The van der Waals surface area contributed by atoms with Gasteiger partial charge in [-0.3, -0.25) is 0 Å². The Morgan fingerprint density at radius 1 is 1.11 bits per heavy atom. The fourth-order valence-corrected chi connectivity index (χ4v) is 5.19. The van der Waals surface area contributed by atoms with E-state index in [4.69, 9.17) is 0 Å². The first-order chi connectivity index (χ1) is 9.19. The third kappa shape index (κ3) is 2.56. The second-order valence-corrected chi connectivity index (χ2v) is 7.43. The van der Waals surface area contributed by atoms with Crippen LogP contribution in [0.4, 0.5) is 0 Å². The molecule has 1 aliphatic heterocycles. The van der Waals surface area contributed by atoms with Crippen LogP contribution in [-0.2, 0) is 5.41 Å². The fraction of sp³-hybridized carbons (Fsp3) is 0.294. The largest absolute Gasteiger partial charge is 0.125 e. The van der Waals surface area contributed by atoms with E-state index in [1.807, 2.05) is 23.5 Å². The standard InChI is InChI=1S/C17H18S2/c1-13-7-3-5-9-15(13)18-11-17(2)12-19-16-10-6-4-8-14(16)17/h3-10H,11-12H2,1-2H3. The van der Waals surface area contributed by atoms with E-state index >= 15 is 0 Å². The first kappa shape index (κ1) is 13.1. The second kappa shape index (κ2) is 5.26. The third-order valence-corrected chi connectivity index (χ3v) is 6.72. The second-order valence-electron chi connectivity index (χ2n) is 5.40. The van der Waals surface area contributed by atoms with Crippen LogP contribution in [0, 0.1) is 6.92 Å². The van der Waals surface area contributed by atoms with E-state index in [9.17, 15) is 0 Å². The number of hydrogen-bond donors (Lipinski definition) is 0. The van der Waals surface area contributed by atoms with Gasteiger partial charge in [-0.25, -0.2) is 0 Å². The van der Waals surface area contributed by atoms with Crippen molar-refractivity contribution in [2.75, 3.05) is 11.5 Å². The van der Waals surface area contributed by atoms with E-state index in [1.54, 1.807) is 0 Å². The van der Waals surface area contributed by atoms with Crippen molar-refractivity contribution in [3.05, 3.63) is 59.7 Å². The summed E-state index contributed by atoms with van der Waals surface area (Å²) in [6.07, 6.45) is 0. The zero-order valence-electron chi connectivity index (χ0n) is 11.3. The van der Waals surface area contributed by atoms with Gasteiger partial charge in [-0.1, -0.05) is 43.3 Å². The maximum absolute atomic E-state index is 2.40. The number of thioether (sulfide) groups is 2. The number of fused-ring (bicyclic) bond motifs is 1. The summed E-state index contributed by atoms with van der Waals surface area (Å²) in [7, 11) is 0. The Kier molecular flexibility index (Phi) is 3.64. The summed E-state index contributed by atoms with van der Waals surface area (Å²) in [5.41, 5.74) is 3.21. The molecule has 3 rings (SSSR count). The highest BCUT2D eigenvalue weighted by Gasteiger charge is 2.34. The zero-order chi connectivity index (χ0) is 13.3. The smallest absolute Gasteiger partial charge is 0.0124 e. The van der Waals surface area contributed by atoms with Crippen molar-refractivity contribution in [1.29, 1.82) is 0 Å². The lowest BCUT2D eigenvalue weighted by atomic mass is 9.87. The predicted octanol–water partition coefficient (Wildman–Crippen LogP) is 5.15. The number of hydrogen-bond acceptors (Lipinski definition) is 2. The number of rotatable bonds is 3. The molecule has 0 radical (unpaired) electrons. The molecule has 2 aromatic carbocycles. The normalized spacial score (nSPS) is 21.4. The van der Waals surface area contributed by atoms with Crippen LogP contribution in [0.3, 0.4) is 0 Å². The van der Waals surface area contributed by atoms with E-state index in [0.717, 1.165) is 5.75 Å². The summed E-state index contributed by atoms with van der Waals surface area (Å²) in [5, 5.41) is 0. The van der Waals surface area contributed by atoms with Gasteiger partial charge in [0.05, 0.1) is 0 Å². The summed E-state index contributed by atoms with van der Waals surface area (Å²) >= 11 is 3.99. The maximum Gasteiger partial charge on any atom is 0.0124 e. The Labute approximate surface area is 124 Å². The summed E-state index contributed by atoms with van der Waals surface area (Å²) in [5.74, 6) is 2.35. The van der Waals surface area contributed by atoms with Gasteiger partial charge in [0.15, 0.2) is 0 Å². The molecule has 0 saturated heterocycles. The lowest BCUT2D eigenvalue weighted by molar-refractivity contribution is 0.617. The van der Waals surface area contributed by atoms with E-state index in [-0.39, 0.29) is 0 Å². The van der Waals surface area contributed by atoms with Crippen molar-refractivity contribution < 1.29 is 0 Å². The zero-order valence-corrected chi connectivity index (χ0v) is 13.0. The molecule has 0 N–H and O–H groups in total. The van der Waals surface area contributed by atoms with Crippen molar-refractivity contribution in [2.45, 2.75) is 29.1 Å². The Balaban J connectivity index is 1.79. The highest BCUT2D eigenvalue weighted by atomic mass is 32.2. The summed E-state index contributed by atoms with van der Waals surface area (Å²) < 4.78 is 0. The van der Waals surface area contributed by atoms with Crippen LogP contribution in [0.1, 0.15) is 18.1 Å². The van der Waals surface area contributed by atoms with Crippen molar-refractivity contribution in [2.24, 2.45) is 0 Å². The lowest BCUT2D eigenvalue weighted by Crippen LogP contribution is -2.24. The molecule has 0 fully saturated rings. The van der Waals surface area contributed by atoms with Crippen molar-refractivity contribution in [1.82, 2.24) is 0 Å². The molecule has 1 atom stereocenters. The quantitative estimate of drug-likeness (QED) is 0.716. The van der Waals surface area contributed by atoms with Crippen LogP contribution in [0.5, 0.6) is 0 Å². The van der Waals surface area contributed by atoms with Crippen molar-refractivity contribution >= 4 is 23.5 Å². The molecule has 0 spiro atoms. The van der Waals surface area contributed by atoms with Crippen LogP contribution in [-0.4, -0.2) is 11.5 Å². The molecule has 0 amide bonds. The average Bonchev–Trinajstić information content (AvgIpc) is 2.77. The first-order valence-corrected chi connectivity index (χ1v) is 8.57. The molecular weight excluding hydrogens is 268 g/mol. The van der Waals surface area contributed by atoms with E-state index in [2.05, 4.69) is 62.4 Å². The fourth-order valence-electron chi connectivity index (χ4n) is 2.48. The van der Waals surface area contributed by atoms with Crippen LogP contribution in [0.2, 0.25) is 0 Å². The van der Waals surface area contributed by atoms with Crippen molar-refractivity contribution in [3.8, 4) is 0 Å². The van der Waals surface area contributed by atoms with Crippen LogP contribution in [0.15, 0.2) is 58.3 Å². The Morgan fingerprint density at radius 3 is 2.68 bits per heavy atom. The summed E-state index contributed by atoms with van der Waals surface area (Å²) in [6, 6.07) is 17.5.